The number of nitrogens with one attached hydrogen (secondary N) is 1. The van der Waals surface area contributed by atoms with Gasteiger partial charge in [0.1, 0.15) is 11.6 Å². The topological polar surface area (TPSA) is 81.7 Å². The normalized spacial score (nSPS) is 14.8. The summed E-state index contributed by atoms with van der Waals surface area (Å²) in [6.07, 6.45) is 4.68. The molecule has 0 radical (unpaired) electrons. The first kappa shape index (κ1) is 17.1. The Hall–Kier alpha value is -3.00. The minimum atomic E-state index is -0.343. The summed E-state index contributed by atoms with van der Waals surface area (Å²) < 4.78 is 15.2. The molecule has 4 aromatic rings. The van der Waals surface area contributed by atoms with Gasteiger partial charge in [0.05, 0.1) is 21.6 Å². The summed E-state index contributed by atoms with van der Waals surface area (Å²) in [5.74, 6) is 0.618. The summed E-state index contributed by atoms with van der Waals surface area (Å²) in [6.45, 7) is 0. The van der Waals surface area contributed by atoms with E-state index in [4.69, 9.17) is 10.7 Å². The van der Waals surface area contributed by atoms with Crippen LogP contribution in [0.2, 0.25) is 0 Å². The van der Waals surface area contributed by atoms with Crippen LogP contribution in [0, 0.1) is 5.82 Å². The molecule has 28 heavy (non-hydrogen) atoms. The molecule has 0 amide bonds. The molecule has 0 unspecified atom stereocenters. The van der Waals surface area contributed by atoms with Gasteiger partial charge in [0.25, 0.3) is 0 Å². The van der Waals surface area contributed by atoms with Crippen LogP contribution in [0.15, 0.2) is 41.8 Å². The van der Waals surface area contributed by atoms with Crippen molar-refractivity contribution in [2.24, 2.45) is 0 Å². The number of anilines is 2. The molecule has 6 nitrogen and oxygen atoms in total. The molecule has 8 heteroatoms. The minimum absolute atomic E-state index is 0.343. The van der Waals surface area contributed by atoms with Crippen LogP contribution in [0.4, 0.5) is 16.2 Å². The molecule has 0 bridgehead atoms. The third kappa shape index (κ3) is 2.99. The van der Waals surface area contributed by atoms with E-state index >= 15 is 0 Å². The quantitative estimate of drug-likeness (QED) is 0.528. The lowest BCUT2D eigenvalue weighted by atomic mass is 10.2. The lowest BCUT2D eigenvalue weighted by Crippen LogP contribution is -2.16. The molecule has 1 saturated carbocycles. The Bertz CT molecular complexity index is 1130. The second-order valence-electron chi connectivity index (χ2n) is 6.97. The third-order valence-corrected chi connectivity index (χ3v) is 5.94. The van der Waals surface area contributed by atoms with Crippen LogP contribution in [-0.2, 0) is 0 Å². The molecule has 0 saturated heterocycles. The van der Waals surface area contributed by atoms with Crippen LogP contribution < -0.4 is 11.1 Å². The number of hydrogen-bond donors (Lipinski definition) is 2. The zero-order chi connectivity index (χ0) is 19.1. The summed E-state index contributed by atoms with van der Waals surface area (Å²) in [7, 11) is 0. The van der Waals surface area contributed by atoms with Gasteiger partial charge in [-0.25, -0.2) is 14.1 Å². The first-order valence-corrected chi connectivity index (χ1v) is 10.2. The number of nitrogen functional groups attached to an aromatic ring is 1. The number of aromatic nitrogens is 4. The Morgan fingerprint density at radius 2 is 2.00 bits per heavy atom. The fourth-order valence-electron chi connectivity index (χ4n) is 3.73. The van der Waals surface area contributed by atoms with Crippen LogP contribution in [0.5, 0.6) is 0 Å². The molecular formula is C20H19FN6S. The van der Waals surface area contributed by atoms with Crippen LogP contribution in [0.25, 0.3) is 27.3 Å². The van der Waals surface area contributed by atoms with E-state index in [-0.39, 0.29) is 5.82 Å². The van der Waals surface area contributed by atoms with Gasteiger partial charge in [-0.05, 0) is 42.5 Å². The number of thiophene rings is 1. The predicted molar refractivity (Wildman–Crippen MR) is 110 cm³/mol. The summed E-state index contributed by atoms with van der Waals surface area (Å²) in [6, 6.07) is 10.6. The average Bonchev–Trinajstić information content (AvgIpc) is 3.43. The van der Waals surface area contributed by atoms with E-state index in [0.717, 1.165) is 23.4 Å². The van der Waals surface area contributed by atoms with Crippen LogP contribution in [-0.4, -0.2) is 25.8 Å². The van der Waals surface area contributed by atoms with E-state index in [9.17, 15) is 4.39 Å². The van der Waals surface area contributed by atoms with Crippen molar-refractivity contribution in [2.75, 3.05) is 11.1 Å². The monoisotopic (exact) mass is 394 g/mol. The van der Waals surface area contributed by atoms with Crippen LogP contribution >= 0.6 is 11.3 Å². The Morgan fingerprint density at radius 1 is 1.14 bits per heavy atom. The smallest absolute Gasteiger partial charge is 0.225 e. The molecule has 0 atom stereocenters. The van der Waals surface area contributed by atoms with Crippen molar-refractivity contribution in [3.05, 3.63) is 47.6 Å². The van der Waals surface area contributed by atoms with Gasteiger partial charge in [0.2, 0.25) is 5.95 Å². The number of benzene rings is 1. The lowest BCUT2D eigenvalue weighted by Gasteiger charge is -2.12. The largest absolute Gasteiger partial charge is 0.383 e. The SMILES string of the molecule is Nc1c2c(-c3cccs3)nc(NC3CCCC3)nc2nn1-c1cccc(F)c1. The Labute approximate surface area is 165 Å². The van der Waals surface area contributed by atoms with Gasteiger partial charge in [-0.3, -0.25) is 0 Å². The van der Waals surface area contributed by atoms with Crippen molar-refractivity contribution >= 4 is 34.1 Å². The van der Waals surface area contributed by atoms with Crippen molar-refractivity contribution in [3.8, 4) is 16.3 Å². The molecule has 1 aliphatic rings. The highest BCUT2D eigenvalue weighted by Gasteiger charge is 2.22. The maximum absolute atomic E-state index is 13.7. The number of hydrogen-bond acceptors (Lipinski definition) is 6. The average molecular weight is 394 g/mol. The minimum Gasteiger partial charge on any atom is -0.383 e. The Balaban J connectivity index is 1.69. The van der Waals surface area contributed by atoms with Crippen LogP contribution in [0.3, 0.4) is 0 Å². The molecule has 1 aromatic carbocycles. The number of nitrogens with two attached hydrogens (primary N) is 1. The van der Waals surface area contributed by atoms with Crippen LogP contribution in [0.1, 0.15) is 25.7 Å². The molecule has 3 heterocycles. The summed E-state index contributed by atoms with van der Waals surface area (Å²) >= 11 is 1.59. The zero-order valence-electron chi connectivity index (χ0n) is 15.1. The van der Waals surface area contributed by atoms with Gasteiger partial charge >= 0.3 is 0 Å². The number of nitrogens with zero attached hydrogens (tertiary/aromatic N) is 4. The Kier molecular flexibility index (Phi) is 4.20. The number of halogens is 1. The fraction of sp³-hybridized carbons (Fsp3) is 0.250. The van der Waals surface area contributed by atoms with Crippen molar-refractivity contribution in [3.63, 3.8) is 0 Å². The van der Waals surface area contributed by atoms with E-state index in [0.29, 0.717) is 34.5 Å². The summed E-state index contributed by atoms with van der Waals surface area (Å²) in [4.78, 5) is 10.4. The molecule has 0 spiro atoms. The van der Waals surface area contributed by atoms with Crippen molar-refractivity contribution in [2.45, 2.75) is 31.7 Å². The third-order valence-electron chi connectivity index (χ3n) is 5.06. The first-order chi connectivity index (χ1) is 13.7. The molecular weight excluding hydrogens is 375 g/mol. The maximum Gasteiger partial charge on any atom is 0.225 e. The maximum atomic E-state index is 13.7. The van der Waals surface area contributed by atoms with E-state index in [1.807, 2.05) is 17.5 Å². The van der Waals surface area contributed by atoms with Crippen molar-refractivity contribution < 1.29 is 4.39 Å². The van der Waals surface area contributed by atoms with Gasteiger partial charge in [0.15, 0.2) is 5.65 Å². The summed E-state index contributed by atoms with van der Waals surface area (Å²) in [5.41, 5.74) is 8.23. The number of rotatable bonds is 4. The standard InChI is InChI=1S/C20H19FN6S/c21-12-5-3-8-14(11-12)27-18(22)16-17(15-9-4-10-28-15)24-20(25-19(16)26-27)23-13-6-1-2-7-13/h3-5,8-11,13H,1-2,6-7,22H2,(H,23,25,26). The first-order valence-electron chi connectivity index (χ1n) is 9.31. The second kappa shape index (κ2) is 6.87. The van der Waals surface area contributed by atoms with Gasteiger partial charge in [-0.2, -0.15) is 4.98 Å². The number of fused-ring (bicyclic) bond motifs is 1. The zero-order valence-corrected chi connectivity index (χ0v) is 15.9. The van der Waals surface area contributed by atoms with Gasteiger partial charge in [-0.15, -0.1) is 16.4 Å². The Morgan fingerprint density at radius 3 is 2.75 bits per heavy atom. The van der Waals surface area contributed by atoms with E-state index < -0.39 is 0 Å². The van der Waals surface area contributed by atoms with Gasteiger partial charge in [0, 0.05) is 6.04 Å². The molecule has 3 aromatic heterocycles. The van der Waals surface area contributed by atoms with E-state index in [2.05, 4.69) is 15.4 Å². The summed E-state index contributed by atoms with van der Waals surface area (Å²) in [5, 5.41) is 10.7. The molecule has 5 rings (SSSR count). The molecule has 1 aliphatic carbocycles. The fourth-order valence-corrected chi connectivity index (χ4v) is 4.45. The van der Waals surface area contributed by atoms with Crippen molar-refractivity contribution in [1.82, 2.24) is 19.7 Å². The van der Waals surface area contributed by atoms with Gasteiger partial charge < -0.3 is 11.1 Å². The molecule has 1 fully saturated rings. The van der Waals surface area contributed by atoms with E-state index in [1.54, 1.807) is 23.5 Å². The van der Waals surface area contributed by atoms with Gasteiger partial charge in [-0.1, -0.05) is 25.0 Å². The molecule has 142 valence electrons. The molecule has 0 aliphatic heterocycles. The highest BCUT2D eigenvalue weighted by molar-refractivity contribution is 7.13. The van der Waals surface area contributed by atoms with E-state index in [1.165, 1.54) is 29.7 Å². The predicted octanol–water partition coefficient (Wildman–Crippen LogP) is 4.62. The second-order valence-corrected chi connectivity index (χ2v) is 7.92. The highest BCUT2D eigenvalue weighted by atomic mass is 32.1. The molecule has 3 N–H and O–H groups in total. The lowest BCUT2D eigenvalue weighted by molar-refractivity contribution is 0.625. The van der Waals surface area contributed by atoms with Crippen molar-refractivity contribution in [1.29, 1.82) is 0 Å². The highest BCUT2D eigenvalue weighted by Crippen LogP contribution is 2.35.